The predicted molar refractivity (Wildman–Crippen MR) is 75.9 cm³/mol. The minimum atomic E-state index is -0.260. The van der Waals surface area contributed by atoms with E-state index < -0.39 is 0 Å². The Morgan fingerprint density at radius 2 is 2.16 bits per heavy atom. The van der Waals surface area contributed by atoms with Gasteiger partial charge in [0.25, 0.3) is 0 Å². The van der Waals surface area contributed by atoms with Gasteiger partial charge in [-0.15, -0.1) is 0 Å². The molecule has 2 aliphatic rings. The summed E-state index contributed by atoms with van der Waals surface area (Å²) in [6.45, 7) is 3.06. The molecule has 4 heteroatoms. The highest BCUT2D eigenvalue weighted by molar-refractivity contribution is 6.31. The zero-order valence-electron chi connectivity index (χ0n) is 11.0. The van der Waals surface area contributed by atoms with Crippen LogP contribution in [0.2, 0.25) is 5.02 Å². The summed E-state index contributed by atoms with van der Waals surface area (Å²) in [7, 11) is 0. The molecule has 2 fully saturated rings. The average Bonchev–Trinajstić information content (AvgIpc) is 3.10. The van der Waals surface area contributed by atoms with Crippen molar-refractivity contribution in [3.05, 3.63) is 34.6 Å². The molecule has 1 heterocycles. The molecule has 0 bridgehead atoms. The van der Waals surface area contributed by atoms with Crippen LogP contribution in [-0.2, 0) is 6.54 Å². The van der Waals surface area contributed by atoms with Crippen LogP contribution in [0.3, 0.4) is 0 Å². The van der Waals surface area contributed by atoms with Crippen molar-refractivity contribution in [3.8, 4) is 0 Å². The van der Waals surface area contributed by atoms with Gasteiger partial charge in [-0.25, -0.2) is 4.39 Å². The first-order valence-electron chi connectivity index (χ1n) is 7.14. The van der Waals surface area contributed by atoms with Gasteiger partial charge >= 0.3 is 0 Å². The third kappa shape index (κ3) is 3.47. The second-order valence-corrected chi connectivity index (χ2v) is 6.10. The van der Waals surface area contributed by atoms with Crippen LogP contribution in [0, 0.1) is 5.82 Å². The van der Waals surface area contributed by atoms with E-state index in [1.165, 1.54) is 37.8 Å². The molecule has 1 aliphatic heterocycles. The highest BCUT2D eigenvalue weighted by Gasteiger charge is 2.31. The van der Waals surface area contributed by atoms with E-state index in [1.54, 1.807) is 0 Å². The lowest BCUT2D eigenvalue weighted by atomic mass is 10.1. The largest absolute Gasteiger partial charge is 0.313 e. The van der Waals surface area contributed by atoms with Gasteiger partial charge in [-0.2, -0.15) is 0 Å². The van der Waals surface area contributed by atoms with Gasteiger partial charge in [0, 0.05) is 30.2 Å². The number of hydrogen-bond acceptors (Lipinski definition) is 2. The fourth-order valence-electron chi connectivity index (χ4n) is 2.85. The quantitative estimate of drug-likeness (QED) is 0.892. The van der Waals surface area contributed by atoms with Gasteiger partial charge in [-0.05, 0) is 49.9 Å². The Bertz CT molecular complexity index is 442. The summed E-state index contributed by atoms with van der Waals surface area (Å²) in [5.74, 6) is -0.260. The smallest absolute Gasteiger partial charge is 0.124 e. The molecule has 1 aliphatic carbocycles. The van der Waals surface area contributed by atoms with Crippen LogP contribution in [0.5, 0.6) is 0 Å². The Hall–Kier alpha value is -0.640. The number of benzene rings is 1. The number of hydrogen-bond donors (Lipinski definition) is 1. The molecule has 1 N–H and O–H groups in total. The van der Waals surface area contributed by atoms with Crippen LogP contribution in [0.4, 0.5) is 4.39 Å². The summed E-state index contributed by atoms with van der Waals surface area (Å²) in [5, 5.41) is 4.09. The van der Waals surface area contributed by atoms with E-state index in [1.807, 2.05) is 6.07 Å². The van der Waals surface area contributed by atoms with Crippen LogP contribution in [0.25, 0.3) is 0 Å². The maximum atomic E-state index is 13.1. The zero-order valence-corrected chi connectivity index (χ0v) is 11.8. The molecule has 0 amide bonds. The van der Waals surface area contributed by atoms with E-state index in [0.717, 1.165) is 25.2 Å². The highest BCUT2D eigenvalue weighted by atomic mass is 35.5. The molecule has 1 saturated carbocycles. The SMILES string of the molecule is Fc1ccc(CN(CC2CCCN2)C2CC2)c(Cl)c1. The molecular formula is C15H20ClFN2. The Morgan fingerprint density at radius 1 is 1.32 bits per heavy atom. The van der Waals surface area contributed by atoms with Crippen molar-refractivity contribution in [2.24, 2.45) is 0 Å². The van der Waals surface area contributed by atoms with E-state index in [0.29, 0.717) is 17.1 Å². The first-order valence-corrected chi connectivity index (χ1v) is 7.51. The summed E-state index contributed by atoms with van der Waals surface area (Å²) in [6.07, 6.45) is 5.11. The Morgan fingerprint density at radius 3 is 2.79 bits per heavy atom. The molecule has 1 aromatic rings. The summed E-state index contributed by atoms with van der Waals surface area (Å²) in [4.78, 5) is 2.50. The van der Waals surface area contributed by atoms with Gasteiger partial charge < -0.3 is 5.32 Å². The molecule has 0 radical (unpaired) electrons. The van der Waals surface area contributed by atoms with E-state index in [2.05, 4.69) is 10.2 Å². The third-order valence-corrected chi connectivity index (χ3v) is 4.42. The standard InChI is InChI=1S/C15H20ClFN2/c16-15-8-12(17)4-3-11(15)9-19(14-5-6-14)10-13-2-1-7-18-13/h3-4,8,13-14,18H,1-2,5-7,9-10H2. The van der Waals surface area contributed by atoms with Gasteiger partial charge in [0.1, 0.15) is 5.82 Å². The van der Waals surface area contributed by atoms with Gasteiger partial charge in [0.2, 0.25) is 0 Å². The van der Waals surface area contributed by atoms with Gasteiger partial charge in [0.05, 0.1) is 0 Å². The lowest BCUT2D eigenvalue weighted by molar-refractivity contribution is 0.231. The maximum Gasteiger partial charge on any atom is 0.124 e. The van der Waals surface area contributed by atoms with Crippen molar-refractivity contribution >= 4 is 11.6 Å². The fourth-order valence-corrected chi connectivity index (χ4v) is 3.07. The lowest BCUT2D eigenvalue weighted by Crippen LogP contribution is -2.38. The second kappa shape index (κ2) is 5.78. The monoisotopic (exact) mass is 282 g/mol. The topological polar surface area (TPSA) is 15.3 Å². The molecule has 2 nitrogen and oxygen atoms in total. The Balaban J connectivity index is 1.66. The van der Waals surface area contributed by atoms with Crippen LogP contribution < -0.4 is 5.32 Å². The molecule has 104 valence electrons. The highest BCUT2D eigenvalue weighted by Crippen LogP contribution is 2.30. The van der Waals surface area contributed by atoms with Crippen LogP contribution >= 0.6 is 11.6 Å². The van der Waals surface area contributed by atoms with Crippen molar-refractivity contribution in [2.75, 3.05) is 13.1 Å². The number of nitrogens with zero attached hydrogens (tertiary/aromatic N) is 1. The second-order valence-electron chi connectivity index (χ2n) is 5.69. The van der Waals surface area contributed by atoms with E-state index in [4.69, 9.17) is 11.6 Å². The van der Waals surface area contributed by atoms with Gasteiger partial charge in [-0.1, -0.05) is 17.7 Å². The zero-order chi connectivity index (χ0) is 13.2. The van der Waals surface area contributed by atoms with Crippen molar-refractivity contribution in [2.45, 2.75) is 44.3 Å². The van der Waals surface area contributed by atoms with E-state index in [-0.39, 0.29) is 5.82 Å². The van der Waals surface area contributed by atoms with Crippen molar-refractivity contribution in [3.63, 3.8) is 0 Å². The summed E-state index contributed by atoms with van der Waals surface area (Å²) in [5.41, 5.74) is 1.04. The van der Waals surface area contributed by atoms with Crippen LogP contribution in [-0.4, -0.2) is 30.1 Å². The summed E-state index contributed by atoms with van der Waals surface area (Å²) >= 11 is 6.13. The van der Waals surface area contributed by atoms with Crippen molar-refractivity contribution < 1.29 is 4.39 Å². The third-order valence-electron chi connectivity index (χ3n) is 4.07. The molecule has 0 aromatic heterocycles. The van der Waals surface area contributed by atoms with Crippen molar-refractivity contribution in [1.29, 1.82) is 0 Å². The number of rotatable bonds is 5. The summed E-state index contributed by atoms with van der Waals surface area (Å²) < 4.78 is 13.1. The van der Waals surface area contributed by atoms with Crippen LogP contribution in [0.15, 0.2) is 18.2 Å². The summed E-state index contributed by atoms with van der Waals surface area (Å²) in [6, 6.07) is 6.04. The fraction of sp³-hybridized carbons (Fsp3) is 0.600. The van der Waals surface area contributed by atoms with Gasteiger partial charge in [0.15, 0.2) is 0 Å². The first-order chi connectivity index (χ1) is 9.22. The van der Waals surface area contributed by atoms with Crippen LogP contribution in [0.1, 0.15) is 31.2 Å². The predicted octanol–water partition coefficient (Wildman–Crippen LogP) is 3.20. The number of halogens is 2. The molecule has 3 rings (SSSR count). The lowest BCUT2D eigenvalue weighted by Gasteiger charge is -2.26. The molecule has 1 saturated heterocycles. The average molecular weight is 283 g/mol. The molecule has 1 aromatic carbocycles. The number of nitrogens with one attached hydrogen (secondary N) is 1. The molecular weight excluding hydrogens is 263 g/mol. The molecule has 0 spiro atoms. The minimum absolute atomic E-state index is 0.260. The maximum absolute atomic E-state index is 13.1. The normalized spacial score (nSPS) is 23.2. The minimum Gasteiger partial charge on any atom is -0.313 e. The molecule has 19 heavy (non-hydrogen) atoms. The first kappa shape index (κ1) is 13.3. The molecule has 1 atom stereocenters. The Labute approximate surface area is 118 Å². The van der Waals surface area contributed by atoms with Gasteiger partial charge in [-0.3, -0.25) is 4.90 Å². The molecule has 1 unspecified atom stereocenters. The Kier molecular flexibility index (Phi) is 4.06. The van der Waals surface area contributed by atoms with Crippen molar-refractivity contribution in [1.82, 2.24) is 10.2 Å². The van der Waals surface area contributed by atoms with E-state index >= 15 is 0 Å². The van der Waals surface area contributed by atoms with E-state index in [9.17, 15) is 4.39 Å².